The van der Waals surface area contributed by atoms with Gasteiger partial charge in [0.15, 0.2) is 0 Å². The molecule has 8 nitrogen and oxygen atoms in total. The monoisotopic (exact) mass is 563 g/mol. The van der Waals surface area contributed by atoms with Crippen LogP contribution in [0, 0.1) is 0 Å². The van der Waals surface area contributed by atoms with Crippen LogP contribution in [0.3, 0.4) is 0 Å². The van der Waals surface area contributed by atoms with Gasteiger partial charge in [-0.25, -0.2) is 0 Å². The van der Waals surface area contributed by atoms with Crippen LogP contribution in [-0.4, -0.2) is 54.8 Å². The molecule has 3 amide bonds. The second-order valence-corrected chi connectivity index (χ2v) is 10.3. The average molecular weight is 564 g/mol. The lowest BCUT2D eigenvalue weighted by Gasteiger charge is -2.30. The predicted octanol–water partition coefficient (Wildman–Crippen LogP) is 5.43. The third kappa shape index (κ3) is 6.81. The number of imide groups is 1. The van der Waals surface area contributed by atoms with Crippen molar-refractivity contribution in [3.63, 3.8) is 0 Å². The summed E-state index contributed by atoms with van der Waals surface area (Å²) < 4.78 is 11.3. The van der Waals surface area contributed by atoms with Crippen molar-refractivity contribution in [2.24, 2.45) is 0 Å². The summed E-state index contributed by atoms with van der Waals surface area (Å²) in [6.45, 7) is 2.65. The van der Waals surface area contributed by atoms with Crippen molar-refractivity contribution < 1.29 is 23.9 Å². The molecule has 0 aromatic heterocycles. The summed E-state index contributed by atoms with van der Waals surface area (Å²) in [5.74, 6) is -0.331. The molecule has 1 N–H and O–H groups in total. The van der Waals surface area contributed by atoms with Crippen molar-refractivity contribution in [3.8, 4) is 5.75 Å². The number of nitrogens with zero attached hydrogens (tertiary/aromatic N) is 2. The number of rotatable bonds is 8. The Morgan fingerprint density at radius 2 is 1.79 bits per heavy atom. The van der Waals surface area contributed by atoms with E-state index < -0.39 is 17.1 Å². The molecule has 39 heavy (non-hydrogen) atoms. The molecule has 0 bridgehead atoms. The Morgan fingerprint density at radius 3 is 2.59 bits per heavy atom. The number of hydrogen-bond donors (Lipinski definition) is 1. The minimum atomic E-state index is -0.505. The van der Waals surface area contributed by atoms with Gasteiger partial charge >= 0.3 is 0 Å². The van der Waals surface area contributed by atoms with Gasteiger partial charge in [0.25, 0.3) is 11.1 Å². The molecule has 0 atom stereocenters. The number of ether oxygens (including phenoxy) is 2. The molecule has 0 radical (unpaired) electrons. The molecule has 0 aliphatic carbocycles. The van der Waals surface area contributed by atoms with Gasteiger partial charge in [-0.1, -0.05) is 48.0 Å². The molecule has 2 heterocycles. The lowest BCUT2D eigenvalue weighted by molar-refractivity contribution is -0.127. The van der Waals surface area contributed by atoms with E-state index in [0.29, 0.717) is 54.9 Å². The lowest BCUT2D eigenvalue weighted by atomic mass is 10.2. The van der Waals surface area contributed by atoms with Crippen molar-refractivity contribution >= 4 is 57.9 Å². The second kappa shape index (κ2) is 12.4. The first-order valence-electron chi connectivity index (χ1n) is 12.4. The van der Waals surface area contributed by atoms with Gasteiger partial charge in [0, 0.05) is 18.1 Å². The molecule has 0 saturated carbocycles. The Hall–Kier alpha value is -3.79. The normalized spacial score (nSPS) is 16.6. The van der Waals surface area contributed by atoms with E-state index in [0.717, 1.165) is 27.9 Å². The first-order chi connectivity index (χ1) is 19.0. The number of para-hydroxylation sites is 2. The third-order valence-electron chi connectivity index (χ3n) is 6.18. The van der Waals surface area contributed by atoms with Crippen molar-refractivity contribution in [2.75, 3.05) is 43.1 Å². The zero-order valence-electron chi connectivity index (χ0n) is 21.0. The molecule has 200 valence electrons. The van der Waals surface area contributed by atoms with Crippen molar-refractivity contribution in [1.82, 2.24) is 4.90 Å². The van der Waals surface area contributed by atoms with Gasteiger partial charge in [-0.3, -0.25) is 19.3 Å². The lowest BCUT2D eigenvalue weighted by Crippen LogP contribution is -2.38. The SMILES string of the molecule is O=C(CN1C(=O)S/C(=C/c2cccc(OCc3ccc(Cl)cc3)c2)C1=O)Nc1ccccc1N1CCOCC1. The smallest absolute Gasteiger partial charge is 0.294 e. The van der Waals surface area contributed by atoms with Crippen LogP contribution in [0.1, 0.15) is 11.1 Å². The third-order valence-corrected chi connectivity index (χ3v) is 7.34. The molecule has 5 rings (SSSR count). The van der Waals surface area contributed by atoms with Gasteiger partial charge in [0.2, 0.25) is 5.91 Å². The fraction of sp³-hybridized carbons (Fsp3) is 0.207. The molecule has 2 fully saturated rings. The highest BCUT2D eigenvalue weighted by Gasteiger charge is 2.36. The minimum absolute atomic E-state index is 0.247. The molecule has 0 unspecified atom stereocenters. The summed E-state index contributed by atoms with van der Waals surface area (Å²) in [5.41, 5.74) is 3.18. The van der Waals surface area contributed by atoms with Gasteiger partial charge in [-0.15, -0.1) is 0 Å². The molecule has 0 spiro atoms. The van der Waals surface area contributed by atoms with Crippen LogP contribution in [-0.2, 0) is 20.9 Å². The quantitative estimate of drug-likeness (QED) is 0.366. The fourth-order valence-corrected chi connectivity index (χ4v) is 5.19. The summed E-state index contributed by atoms with van der Waals surface area (Å²) >= 11 is 6.74. The number of amides is 3. The maximum atomic E-state index is 13.0. The Bertz CT molecular complexity index is 1410. The number of carbonyl (C=O) groups is 3. The minimum Gasteiger partial charge on any atom is -0.489 e. The molecular formula is C29H26ClN3O5S. The summed E-state index contributed by atoms with van der Waals surface area (Å²) in [7, 11) is 0. The van der Waals surface area contributed by atoms with E-state index in [2.05, 4.69) is 10.2 Å². The summed E-state index contributed by atoms with van der Waals surface area (Å²) in [6.07, 6.45) is 1.63. The predicted molar refractivity (Wildman–Crippen MR) is 153 cm³/mol. The second-order valence-electron chi connectivity index (χ2n) is 8.92. The Morgan fingerprint density at radius 1 is 1.03 bits per heavy atom. The van der Waals surface area contributed by atoms with E-state index in [1.807, 2.05) is 48.5 Å². The fourth-order valence-electron chi connectivity index (χ4n) is 4.22. The van der Waals surface area contributed by atoms with E-state index in [1.54, 1.807) is 30.3 Å². The van der Waals surface area contributed by atoms with Crippen LogP contribution in [0.2, 0.25) is 5.02 Å². The number of hydrogen-bond acceptors (Lipinski definition) is 7. The number of halogens is 1. The van der Waals surface area contributed by atoms with Crippen LogP contribution in [0.4, 0.5) is 16.2 Å². The zero-order chi connectivity index (χ0) is 27.2. The number of carbonyl (C=O) groups excluding carboxylic acids is 3. The molecule has 2 aliphatic heterocycles. The van der Waals surface area contributed by atoms with Gasteiger partial charge in [-0.05, 0) is 65.4 Å². The highest BCUT2D eigenvalue weighted by atomic mass is 35.5. The molecule has 2 aliphatic rings. The molecule has 3 aromatic rings. The van der Waals surface area contributed by atoms with Gasteiger partial charge in [0.05, 0.1) is 29.5 Å². The number of benzene rings is 3. The summed E-state index contributed by atoms with van der Waals surface area (Å²) in [4.78, 5) is 41.8. The van der Waals surface area contributed by atoms with E-state index in [9.17, 15) is 14.4 Å². The van der Waals surface area contributed by atoms with E-state index in [1.165, 1.54) is 0 Å². The van der Waals surface area contributed by atoms with Gasteiger partial charge in [0.1, 0.15) is 18.9 Å². The molecular weight excluding hydrogens is 538 g/mol. The zero-order valence-corrected chi connectivity index (χ0v) is 22.5. The Labute approximate surface area is 235 Å². The van der Waals surface area contributed by atoms with E-state index >= 15 is 0 Å². The highest BCUT2D eigenvalue weighted by Crippen LogP contribution is 2.33. The topological polar surface area (TPSA) is 88.2 Å². The maximum absolute atomic E-state index is 13.0. The van der Waals surface area contributed by atoms with Crippen molar-refractivity contribution in [2.45, 2.75) is 6.61 Å². The van der Waals surface area contributed by atoms with Crippen LogP contribution in [0.15, 0.2) is 77.7 Å². The molecule has 3 aromatic carbocycles. The molecule has 10 heteroatoms. The number of nitrogens with one attached hydrogen (secondary N) is 1. The van der Waals surface area contributed by atoms with Crippen molar-refractivity contribution in [1.29, 1.82) is 0 Å². The Kier molecular flexibility index (Phi) is 8.51. The van der Waals surface area contributed by atoms with E-state index in [4.69, 9.17) is 21.1 Å². The highest BCUT2D eigenvalue weighted by molar-refractivity contribution is 8.18. The molecule has 2 saturated heterocycles. The standard InChI is InChI=1S/C29H26ClN3O5S/c30-22-10-8-20(9-11-22)19-38-23-5-3-4-21(16-23)17-26-28(35)33(29(36)39-26)18-27(34)31-24-6-1-2-7-25(24)32-12-14-37-15-13-32/h1-11,16-17H,12-15,18-19H2,(H,31,34)/b26-17+. The first-order valence-corrected chi connectivity index (χ1v) is 13.6. The maximum Gasteiger partial charge on any atom is 0.294 e. The number of thioether (sulfide) groups is 1. The van der Waals surface area contributed by atoms with Crippen LogP contribution in [0.5, 0.6) is 5.75 Å². The summed E-state index contributed by atoms with van der Waals surface area (Å²) in [5, 5.41) is 3.03. The van der Waals surface area contributed by atoms with E-state index in [-0.39, 0.29) is 11.4 Å². The van der Waals surface area contributed by atoms with Gasteiger partial charge in [-0.2, -0.15) is 0 Å². The largest absolute Gasteiger partial charge is 0.489 e. The van der Waals surface area contributed by atoms with Crippen LogP contribution in [0.25, 0.3) is 6.08 Å². The summed E-state index contributed by atoms with van der Waals surface area (Å²) in [6, 6.07) is 22.1. The van der Waals surface area contributed by atoms with Crippen LogP contribution >= 0.6 is 23.4 Å². The van der Waals surface area contributed by atoms with Gasteiger partial charge < -0.3 is 19.7 Å². The van der Waals surface area contributed by atoms with Crippen molar-refractivity contribution in [3.05, 3.63) is 93.9 Å². The number of anilines is 2. The first kappa shape index (κ1) is 26.8. The van der Waals surface area contributed by atoms with Crippen LogP contribution < -0.4 is 15.0 Å². The number of morpholine rings is 1. The Balaban J connectivity index is 1.22. The average Bonchev–Trinajstić information content (AvgIpc) is 3.21.